The van der Waals surface area contributed by atoms with Crippen LogP contribution in [0.3, 0.4) is 0 Å². The van der Waals surface area contributed by atoms with Crippen molar-refractivity contribution in [3.63, 3.8) is 0 Å². The second-order valence-electron chi connectivity index (χ2n) is 20.9. The molecule has 4 heterocycles. The molecule has 73 heavy (non-hydrogen) atoms. The molecule has 0 spiro atoms. The first-order valence-electron chi connectivity index (χ1n) is 28.2. The van der Waals surface area contributed by atoms with Gasteiger partial charge in [0.15, 0.2) is 11.3 Å². The largest absolute Gasteiger partial charge is 0.481 e. The molecule has 0 saturated carbocycles. The van der Waals surface area contributed by atoms with Gasteiger partial charge in [0.1, 0.15) is 47.3 Å². The number of unbranched alkanes of at least 4 members (excludes halogenated alkanes) is 24. The molecule has 8 nitrogen and oxygen atoms in total. The van der Waals surface area contributed by atoms with Gasteiger partial charge in [-0.05, 0) is 75.4 Å². The average molecular weight is 1030 g/mol. The molecule has 5 rings (SSSR count). The Morgan fingerprint density at radius 3 is 1.67 bits per heavy atom. The minimum absolute atomic E-state index is 0.0431. The number of hydrogen-bond acceptors (Lipinski definition) is 10. The number of anilines is 1. The zero-order valence-corrected chi connectivity index (χ0v) is 47.0. The van der Waals surface area contributed by atoms with Crippen LogP contribution < -0.4 is 9.64 Å². The van der Waals surface area contributed by atoms with Crippen molar-refractivity contribution in [2.45, 2.75) is 219 Å². The van der Waals surface area contributed by atoms with Crippen LogP contribution in [0.4, 0.5) is 5.69 Å². The number of hydrogen-bond donors (Lipinski definition) is 0. The summed E-state index contributed by atoms with van der Waals surface area (Å²) in [5, 5.41) is 29.6. The average Bonchev–Trinajstić information content (AvgIpc) is 4.10. The molecule has 0 radical (unpaired) electrons. The Morgan fingerprint density at radius 1 is 0.685 bits per heavy atom. The summed E-state index contributed by atoms with van der Waals surface area (Å²) < 4.78 is 18.8. The molecule has 394 valence electrons. The highest BCUT2D eigenvalue weighted by Crippen LogP contribution is 2.57. The first kappa shape index (κ1) is 58.8. The van der Waals surface area contributed by atoms with Gasteiger partial charge in [-0.25, -0.2) is 4.79 Å². The van der Waals surface area contributed by atoms with Gasteiger partial charge in [0.25, 0.3) is 0 Å². The molecule has 0 saturated heterocycles. The molecule has 1 aromatic carbocycles. The number of fused-ring (bicyclic) bond motifs is 3. The predicted octanol–water partition coefficient (Wildman–Crippen LogP) is 18.8. The summed E-state index contributed by atoms with van der Waals surface area (Å²) in [4.78, 5) is 18.3. The predicted molar refractivity (Wildman–Crippen MR) is 306 cm³/mol. The molecule has 0 amide bonds. The monoisotopic (exact) mass is 1030 g/mol. The Labute approximate surface area is 448 Å². The van der Waals surface area contributed by atoms with Crippen LogP contribution in [-0.2, 0) is 19.9 Å². The maximum Gasteiger partial charge on any atom is 0.330 e. The van der Waals surface area contributed by atoms with E-state index in [4.69, 9.17) is 14.2 Å². The van der Waals surface area contributed by atoms with Crippen molar-refractivity contribution >= 4 is 40.4 Å². The van der Waals surface area contributed by atoms with Crippen molar-refractivity contribution in [2.75, 3.05) is 25.1 Å². The molecule has 2 aliphatic heterocycles. The Hall–Kier alpha value is -5.08. The number of nitrogens with zero attached hydrogens (tertiary/aromatic N) is 4. The summed E-state index contributed by atoms with van der Waals surface area (Å²) in [5.41, 5.74) is 2.78. The molecule has 3 aromatic rings. The fourth-order valence-electron chi connectivity index (χ4n) is 10.4. The number of benzene rings is 1. The van der Waals surface area contributed by atoms with Crippen molar-refractivity contribution in [2.24, 2.45) is 0 Å². The minimum atomic E-state index is -0.904. The number of esters is 1. The van der Waals surface area contributed by atoms with Gasteiger partial charge in [-0.3, -0.25) is 0 Å². The quantitative estimate of drug-likeness (QED) is 0.0244. The summed E-state index contributed by atoms with van der Waals surface area (Å²) in [7, 11) is 2.01. The lowest BCUT2D eigenvalue weighted by atomic mass is 9.81. The van der Waals surface area contributed by atoms with Crippen LogP contribution in [0.15, 0.2) is 77.6 Å². The highest BCUT2D eigenvalue weighted by molar-refractivity contribution is 7.24. The molecule has 2 aromatic heterocycles. The van der Waals surface area contributed by atoms with Crippen LogP contribution >= 0.6 is 22.7 Å². The van der Waals surface area contributed by atoms with Crippen LogP contribution in [0.2, 0.25) is 0 Å². The lowest BCUT2D eigenvalue weighted by Crippen LogP contribution is -2.35. The number of thiophene rings is 2. The van der Waals surface area contributed by atoms with E-state index in [-0.39, 0.29) is 23.5 Å². The van der Waals surface area contributed by atoms with Gasteiger partial charge in [-0.15, -0.1) is 22.7 Å². The number of allylic oxidation sites excluding steroid dienone is 2. The summed E-state index contributed by atoms with van der Waals surface area (Å²) >= 11 is 3.54. The Kier molecular flexibility index (Phi) is 25.5. The third-order valence-corrected chi connectivity index (χ3v) is 17.2. The van der Waals surface area contributed by atoms with Gasteiger partial charge in [-0.2, -0.15) is 15.8 Å². The van der Waals surface area contributed by atoms with Crippen LogP contribution in [0, 0.1) is 34.0 Å². The SMILES string of the molecule is C=CC(=O)OCCN(C)c1ccc(-c2cc3c(s2)-c2sc(/C=C/C4=C(C#N)C(=C(C#N)C#N)OC4(C)C)cc2OC3(CCCCCCCCCCCCCCC)CCCCCCCCCCCCCCC)cc1. The molecule has 0 N–H and O–H groups in total. The summed E-state index contributed by atoms with van der Waals surface area (Å²) in [5.74, 6) is 0.542. The standard InChI is InChI=1S/C63H86N4O4S2/c1-7-10-12-14-16-18-20-22-24-26-28-30-32-40-63(41-33-31-29-27-25-23-21-19-17-15-13-11-8-2)55-45-57(49-34-36-51(37-35-49)67(6)42-43-69-58(68)9-3)73-60(55)61-56(70-63)44-52(72-61)38-39-54-53(48-66)59(50(46-64)47-65)71-62(54,4)5/h9,34-39,44-45H,3,7-8,10-33,40-43H2,1-2,4-6H3/b39-38+. The van der Waals surface area contributed by atoms with E-state index in [2.05, 4.69) is 67.8 Å². The van der Waals surface area contributed by atoms with Crippen molar-refractivity contribution in [1.82, 2.24) is 0 Å². The molecular weight excluding hydrogens is 941 g/mol. The fourth-order valence-corrected chi connectivity index (χ4v) is 12.8. The van der Waals surface area contributed by atoms with Crippen LogP contribution in [0.25, 0.3) is 26.3 Å². The summed E-state index contributed by atoms with van der Waals surface area (Å²) in [6, 6.07) is 19.3. The second-order valence-corrected chi connectivity index (χ2v) is 23.0. The van der Waals surface area contributed by atoms with E-state index in [9.17, 15) is 20.6 Å². The topological polar surface area (TPSA) is 119 Å². The van der Waals surface area contributed by atoms with Gasteiger partial charge in [0, 0.05) is 39.7 Å². The first-order valence-corrected chi connectivity index (χ1v) is 29.8. The van der Waals surface area contributed by atoms with E-state index in [0.29, 0.717) is 12.1 Å². The third kappa shape index (κ3) is 17.8. The molecule has 0 unspecified atom stereocenters. The minimum Gasteiger partial charge on any atom is -0.481 e. The zero-order chi connectivity index (χ0) is 52.3. The molecule has 2 aliphatic rings. The van der Waals surface area contributed by atoms with Gasteiger partial charge in [0.05, 0.1) is 16.3 Å². The Balaban J connectivity index is 1.40. The number of carbonyl (C=O) groups excluding carboxylic acids is 1. The van der Waals surface area contributed by atoms with Crippen molar-refractivity contribution in [3.8, 4) is 44.2 Å². The Bertz CT molecular complexity index is 2370. The van der Waals surface area contributed by atoms with E-state index in [0.717, 1.165) is 52.4 Å². The third-order valence-electron chi connectivity index (χ3n) is 14.7. The maximum atomic E-state index is 11.7. The van der Waals surface area contributed by atoms with Crippen molar-refractivity contribution < 1.29 is 19.0 Å². The molecule has 0 atom stereocenters. The van der Waals surface area contributed by atoms with Gasteiger partial charge in [0.2, 0.25) is 0 Å². The van der Waals surface area contributed by atoms with E-state index < -0.39 is 17.2 Å². The smallest absolute Gasteiger partial charge is 0.330 e. The fraction of sp³-hybridized carbons (Fsp3) is 0.587. The number of ether oxygens (including phenoxy) is 3. The van der Waals surface area contributed by atoms with Gasteiger partial charge in [-0.1, -0.05) is 193 Å². The molecule has 0 aliphatic carbocycles. The molecule has 0 fully saturated rings. The summed E-state index contributed by atoms with van der Waals surface area (Å²) in [6.07, 6.45) is 41.3. The van der Waals surface area contributed by atoms with Crippen molar-refractivity contribution in [3.05, 3.63) is 88.0 Å². The van der Waals surface area contributed by atoms with Gasteiger partial charge >= 0.3 is 5.97 Å². The van der Waals surface area contributed by atoms with E-state index in [1.54, 1.807) is 11.3 Å². The number of rotatable bonds is 36. The first-order chi connectivity index (χ1) is 35.5. The van der Waals surface area contributed by atoms with E-state index >= 15 is 0 Å². The number of nitriles is 3. The lowest BCUT2D eigenvalue weighted by Gasteiger charge is -2.38. The number of likely N-dealkylation sites (N-methyl/N-ethyl adjacent to an activating group) is 1. The molecule has 10 heteroatoms. The summed E-state index contributed by atoms with van der Waals surface area (Å²) in [6.45, 7) is 12.6. The molecular formula is C63H86N4O4S2. The zero-order valence-electron chi connectivity index (χ0n) is 45.4. The van der Waals surface area contributed by atoms with Crippen LogP contribution in [-0.4, -0.2) is 31.8 Å². The lowest BCUT2D eigenvalue weighted by molar-refractivity contribution is -0.137. The second kappa shape index (κ2) is 31.6. The van der Waals surface area contributed by atoms with Gasteiger partial charge < -0.3 is 19.1 Å². The maximum absolute atomic E-state index is 11.7. The molecule has 0 bridgehead atoms. The highest BCUT2D eigenvalue weighted by atomic mass is 32.1. The van der Waals surface area contributed by atoms with E-state index in [1.165, 1.54) is 175 Å². The van der Waals surface area contributed by atoms with E-state index in [1.807, 2.05) is 56.5 Å². The normalized spacial score (nSPS) is 14.2. The van der Waals surface area contributed by atoms with Crippen molar-refractivity contribution in [1.29, 1.82) is 15.8 Å². The van der Waals surface area contributed by atoms with Crippen LogP contribution in [0.5, 0.6) is 5.75 Å². The van der Waals surface area contributed by atoms with Crippen LogP contribution in [0.1, 0.15) is 218 Å². The Morgan fingerprint density at radius 2 is 1.19 bits per heavy atom. The highest BCUT2D eigenvalue weighted by Gasteiger charge is 2.43. The number of carbonyl (C=O) groups is 1.